The van der Waals surface area contributed by atoms with Crippen LogP contribution in [0, 0.1) is 3.57 Å². The Morgan fingerprint density at radius 3 is 2.73 bits per heavy atom. The van der Waals surface area contributed by atoms with Gasteiger partial charge in [-0.3, -0.25) is 0 Å². The third-order valence-electron chi connectivity index (χ3n) is 2.43. The van der Waals surface area contributed by atoms with Gasteiger partial charge in [0.15, 0.2) is 0 Å². The van der Waals surface area contributed by atoms with Crippen LogP contribution in [0.1, 0.15) is 0 Å². The van der Waals surface area contributed by atoms with Crippen LogP contribution in [-0.4, -0.2) is 0 Å². The van der Waals surface area contributed by atoms with Crippen LogP contribution in [0.5, 0.6) is 0 Å². The Labute approximate surface area is 114 Å². The highest BCUT2D eigenvalue weighted by atomic mass is 127. The summed E-state index contributed by atoms with van der Waals surface area (Å²) in [4.78, 5) is 0. The quantitative estimate of drug-likeness (QED) is 0.451. The summed E-state index contributed by atoms with van der Waals surface area (Å²) in [5.41, 5.74) is 0. The van der Waals surface area contributed by atoms with Gasteiger partial charge in [-0.05, 0) is 40.8 Å². The van der Waals surface area contributed by atoms with Crippen molar-refractivity contribution < 1.29 is 0 Å². The normalized spacial score (nSPS) is 11.3. The first-order chi connectivity index (χ1) is 7.27. The Hall–Kier alpha value is -0.130. The fourth-order valence-electron chi connectivity index (χ4n) is 1.76. The molecule has 0 N–H and O–H groups in total. The number of thiophene rings is 1. The third kappa shape index (κ3) is 1.52. The van der Waals surface area contributed by atoms with Crippen molar-refractivity contribution in [1.29, 1.82) is 0 Å². The van der Waals surface area contributed by atoms with Gasteiger partial charge in [0.2, 0.25) is 0 Å². The Kier molecular flexibility index (Phi) is 2.49. The van der Waals surface area contributed by atoms with E-state index in [0.717, 1.165) is 0 Å². The van der Waals surface area contributed by atoms with Crippen LogP contribution in [0.25, 0.3) is 20.2 Å². The van der Waals surface area contributed by atoms with Gasteiger partial charge in [0.25, 0.3) is 0 Å². The van der Waals surface area contributed by atoms with Crippen LogP contribution < -0.4 is 0 Å². The predicted octanol–water partition coefficient (Wildman–Crippen LogP) is 5.42. The predicted molar refractivity (Wildman–Crippen MR) is 79.7 cm³/mol. The Morgan fingerprint density at radius 2 is 1.87 bits per heavy atom. The number of hydrogen-bond acceptors (Lipinski definition) is 1. The van der Waals surface area contributed by atoms with Crippen LogP contribution in [0.3, 0.4) is 0 Å². The molecule has 0 atom stereocenters. The maximum atomic E-state index is 3.63. The average molecular weight is 389 g/mol. The zero-order valence-electron chi connectivity index (χ0n) is 7.63. The van der Waals surface area contributed by atoms with Crippen molar-refractivity contribution in [2.75, 3.05) is 0 Å². The van der Waals surface area contributed by atoms with E-state index in [1.54, 1.807) is 0 Å². The van der Waals surface area contributed by atoms with Gasteiger partial charge in [0, 0.05) is 28.2 Å². The van der Waals surface area contributed by atoms with Gasteiger partial charge in [-0.1, -0.05) is 34.1 Å². The first-order valence-corrected chi connectivity index (χ1v) is 7.21. The zero-order valence-corrected chi connectivity index (χ0v) is 12.2. The number of halogens is 2. The highest BCUT2D eigenvalue weighted by Crippen LogP contribution is 2.40. The Morgan fingerprint density at radius 1 is 1.07 bits per heavy atom. The van der Waals surface area contributed by atoms with Gasteiger partial charge in [0.05, 0.1) is 0 Å². The third-order valence-corrected chi connectivity index (χ3v) is 5.56. The molecule has 3 aromatic rings. The van der Waals surface area contributed by atoms with Crippen LogP contribution in [0.2, 0.25) is 0 Å². The Balaban J connectivity index is 2.66. The lowest BCUT2D eigenvalue weighted by molar-refractivity contribution is 1.74. The minimum atomic E-state index is 1.19. The summed E-state index contributed by atoms with van der Waals surface area (Å²) in [5.74, 6) is 0. The van der Waals surface area contributed by atoms with Gasteiger partial charge in [-0.15, -0.1) is 11.3 Å². The van der Waals surface area contributed by atoms with E-state index in [0.29, 0.717) is 0 Å². The summed E-state index contributed by atoms with van der Waals surface area (Å²) < 4.78 is 5.26. The number of hydrogen-bond donors (Lipinski definition) is 0. The second kappa shape index (κ2) is 3.71. The lowest BCUT2D eigenvalue weighted by Crippen LogP contribution is -1.73. The molecule has 3 heteroatoms. The van der Waals surface area contributed by atoms with Crippen molar-refractivity contribution in [2.24, 2.45) is 0 Å². The molecule has 0 spiro atoms. The first kappa shape index (κ1) is 10.1. The van der Waals surface area contributed by atoms with Gasteiger partial charge in [0.1, 0.15) is 0 Å². The second-order valence-electron chi connectivity index (χ2n) is 3.33. The van der Waals surface area contributed by atoms with Crippen molar-refractivity contribution in [3.63, 3.8) is 0 Å². The summed E-state index contributed by atoms with van der Waals surface area (Å²) >= 11 is 7.90. The molecule has 0 nitrogen and oxygen atoms in total. The van der Waals surface area contributed by atoms with E-state index >= 15 is 0 Å². The van der Waals surface area contributed by atoms with Crippen LogP contribution in [0.15, 0.2) is 40.9 Å². The fraction of sp³-hybridized carbons (Fsp3) is 0. The molecule has 1 aromatic heterocycles. The zero-order chi connectivity index (χ0) is 10.4. The van der Waals surface area contributed by atoms with Crippen molar-refractivity contribution in [1.82, 2.24) is 0 Å². The smallest absolute Gasteiger partial charge is 0.0500 e. The van der Waals surface area contributed by atoms with E-state index in [-0.39, 0.29) is 0 Å². The van der Waals surface area contributed by atoms with Crippen molar-refractivity contribution in [3.05, 3.63) is 44.4 Å². The highest BCUT2D eigenvalue weighted by Gasteiger charge is 2.09. The van der Waals surface area contributed by atoms with Gasteiger partial charge < -0.3 is 0 Å². The van der Waals surface area contributed by atoms with Gasteiger partial charge in [-0.2, -0.15) is 0 Å². The van der Waals surface area contributed by atoms with E-state index in [9.17, 15) is 0 Å². The molecular weight excluding hydrogens is 383 g/mol. The molecule has 0 amide bonds. The molecule has 0 fully saturated rings. The van der Waals surface area contributed by atoms with Crippen LogP contribution in [-0.2, 0) is 0 Å². The summed E-state index contributed by atoms with van der Waals surface area (Å²) in [6.45, 7) is 0. The van der Waals surface area contributed by atoms with E-state index < -0.39 is 0 Å². The van der Waals surface area contributed by atoms with Crippen molar-refractivity contribution in [3.8, 4) is 0 Å². The summed E-state index contributed by atoms with van der Waals surface area (Å²) in [5, 5.41) is 2.70. The van der Waals surface area contributed by atoms with Crippen molar-refractivity contribution >= 4 is 70.0 Å². The standard InChI is InChI=1S/C12H6BrIS/c13-8-5-6-9(14)12-11(8)7-3-1-2-4-10(7)15-12/h1-6H. The maximum Gasteiger partial charge on any atom is 0.0500 e. The summed E-state index contributed by atoms with van der Waals surface area (Å²) in [7, 11) is 0. The molecule has 2 aromatic carbocycles. The molecule has 1 heterocycles. The second-order valence-corrected chi connectivity index (χ2v) is 6.40. The van der Waals surface area contributed by atoms with Crippen molar-refractivity contribution in [2.45, 2.75) is 0 Å². The number of benzene rings is 2. The van der Waals surface area contributed by atoms with Gasteiger partial charge in [-0.25, -0.2) is 0 Å². The maximum absolute atomic E-state index is 3.63. The molecule has 0 saturated heterocycles. The Bertz CT molecular complexity index is 657. The molecule has 0 aliphatic heterocycles. The highest BCUT2D eigenvalue weighted by molar-refractivity contribution is 14.1. The van der Waals surface area contributed by atoms with E-state index in [1.807, 2.05) is 11.3 Å². The molecule has 0 aliphatic carbocycles. The minimum absolute atomic E-state index is 1.19. The number of fused-ring (bicyclic) bond motifs is 3. The lowest BCUT2D eigenvalue weighted by atomic mass is 10.2. The largest absolute Gasteiger partial charge is 0.134 e. The molecule has 3 rings (SSSR count). The average Bonchev–Trinajstić information content (AvgIpc) is 2.64. The molecular formula is C12H6BrIS. The molecule has 0 bridgehead atoms. The van der Waals surface area contributed by atoms with E-state index in [4.69, 9.17) is 0 Å². The summed E-state index contributed by atoms with van der Waals surface area (Å²) in [6.07, 6.45) is 0. The molecule has 74 valence electrons. The monoisotopic (exact) mass is 388 g/mol. The van der Waals surface area contributed by atoms with E-state index in [1.165, 1.54) is 28.2 Å². The lowest BCUT2D eigenvalue weighted by Gasteiger charge is -1.97. The van der Waals surface area contributed by atoms with E-state index in [2.05, 4.69) is 74.9 Å². The fourth-order valence-corrected chi connectivity index (χ4v) is 4.35. The van der Waals surface area contributed by atoms with Gasteiger partial charge >= 0.3 is 0 Å². The molecule has 0 unspecified atom stereocenters. The minimum Gasteiger partial charge on any atom is -0.134 e. The molecule has 0 radical (unpaired) electrons. The topological polar surface area (TPSA) is 0 Å². The SMILES string of the molecule is Brc1ccc(I)c2sc3ccccc3c12. The molecule has 15 heavy (non-hydrogen) atoms. The number of rotatable bonds is 0. The molecule has 0 saturated carbocycles. The first-order valence-electron chi connectivity index (χ1n) is 4.52. The summed E-state index contributed by atoms with van der Waals surface area (Å²) in [6, 6.07) is 12.8. The molecule has 0 aliphatic rings. The van der Waals surface area contributed by atoms with Crippen LogP contribution in [0.4, 0.5) is 0 Å². The van der Waals surface area contributed by atoms with Crippen LogP contribution >= 0.6 is 49.9 Å².